The van der Waals surface area contributed by atoms with Crippen LogP contribution in [0.2, 0.25) is 0 Å². The van der Waals surface area contributed by atoms with E-state index in [0.717, 1.165) is 17.4 Å². The van der Waals surface area contributed by atoms with Crippen LogP contribution in [0.15, 0.2) is 34.9 Å². The molecule has 110 valence electrons. The molecule has 21 heavy (non-hydrogen) atoms. The largest absolute Gasteiger partial charge is 0.497 e. The lowest BCUT2D eigenvalue weighted by Crippen LogP contribution is -2.25. The number of hydrogen-bond acceptors (Lipinski definition) is 5. The van der Waals surface area contributed by atoms with Crippen LogP contribution >= 0.6 is 0 Å². The van der Waals surface area contributed by atoms with E-state index in [9.17, 15) is 9.59 Å². The van der Waals surface area contributed by atoms with E-state index in [-0.39, 0.29) is 11.5 Å². The number of benzene rings is 1. The second-order valence-electron chi connectivity index (χ2n) is 4.24. The van der Waals surface area contributed by atoms with Crippen LogP contribution in [-0.4, -0.2) is 35.8 Å². The molecule has 0 aliphatic rings. The van der Waals surface area contributed by atoms with Crippen molar-refractivity contribution >= 4 is 11.9 Å². The number of carboxylic acids is 1. The van der Waals surface area contributed by atoms with Crippen molar-refractivity contribution in [3.05, 3.63) is 47.3 Å². The Morgan fingerprint density at radius 2 is 2.19 bits per heavy atom. The van der Waals surface area contributed by atoms with Crippen LogP contribution in [0.3, 0.4) is 0 Å². The van der Waals surface area contributed by atoms with Crippen molar-refractivity contribution in [3.63, 3.8) is 0 Å². The first kappa shape index (κ1) is 14.6. The molecule has 1 aromatic heterocycles. The molecule has 1 heterocycles. The molecule has 1 aromatic carbocycles. The maximum atomic E-state index is 11.7. The van der Waals surface area contributed by atoms with Crippen LogP contribution in [0.25, 0.3) is 0 Å². The van der Waals surface area contributed by atoms with Gasteiger partial charge in [0.25, 0.3) is 5.91 Å². The molecule has 0 spiro atoms. The molecule has 2 aromatic rings. The first-order valence-electron chi connectivity index (χ1n) is 6.21. The van der Waals surface area contributed by atoms with E-state index in [2.05, 4.69) is 15.0 Å². The summed E-state index contributed by atoms with van der Waals surface area (Å²) in [5.41, 5.74) is 0.957. The van der Waals surface area contributed by atoms with Crippen LogP contribution in [0.1, 0.15) is 26.6 Å². The van der Waals surface area contributed by atoms with Gasteiger partial charge in [0.1, 0.15) is 5.75 Å². The average molecular weight is 290 g/mol. The molecule has 0 bridgehead atoms. The zero-order chi connectivity index (χ0) is 15.2. The number of carbonyl (C=O) groups excluding carboxylic acids is 1. The third-order valence-corrected chi connectivity index (χ3v) is 2.79. The number of hydrogen-bond donors (Lipinski definition) is 2. The molecule has 0 fully saturated rings. The Balaban J connectivity index is 1.87. The summed E-state index contributed by atoms with van der Waals surface area (Å²) >= 11 is 0. The quantitative estimate of drug-likeness (QED) is 0.832. The summed E-state index contributed by atoms with van der Waals surface area (Å²) in [4.78, 5) is 22.4. The fourth-order valence-corrected chi connectivity index (χ4v) is 1.72. The molecule has 0 aliphatic heterocycles. The summed E-state index contributed by atoms with van der Waals surface area (Å²) < 4.78 is 9.63. The molecule has 0 unspecified atom stereocenters. The van der Waals surface area contributed by atoms with Gasteiger partial charge in [-0.05, 0) is 24.1 Å². The number of nitrogens with one attached hydrogen (secondary N) is 1. The van der Waals surface area contributed by atoms with Gasteiger partial charge in [0, 0.05) is 12.6 Å². The first-order valence-corrected chi connectivity index (χ1v) is 6.21. The maximum Gasteiger partial charge on any atom is 0.374 e. The number of aromatic nitrogens is 1. The number of amides is 1. The van der Waals surface area contributed by atoms with Gasteiger partial charge in [-0.3, -0.25) is 4.79 Å². The number of rotatable bonds is 6. The lowest BCUT2D eigenvalue weighted by Gasteiger charge is -2.05. The van der Waals surface area contributed by atoms with E-state index in [1.54, 1.807) is 7.11 Å². The zero-order valence-electron chi connectivity index (χ0n) is 11.3. The van der Waals surface area contributed by atoms with Crippen molar-refractivity contribution in [2.45, 2.75) is 6.42 Å². The Morgan fingerprint density at radius 1 is 1.38 bits per heavy atom. The van der Waals surface area contributed by atoms with Gasteiger partial charge in [-0.15, -0.1) is 0 Å². The number of nitrogens with zero attached hydrogens (tertiary/aromatic N) is 1. The molecule has 2 rings (SSSR count). The van der Waals surface area contributed by atoms with Crippen molar-refractivity contribution < 1.29 is 24.0 Å². The highest BCUT2D eigenvalue weighted by Crippen LogP contribution is 2.12. The third-order valence-electron chi connectivity index (χ3n) is 2.79. The van der Waals surface area contributed by atoms with E-state index >= 15 is 0 Å². The number of ether oxygens (including phenoxy) is 1. The molecule has 0 atom stereocenters. The van der Waals surface area contributed by atoms with E-state index < -0.39 is 11.9 Å². The monoisotopic (exact) mass is 290 g/mol. The second kappa shape index (κ2) is 6.56. The smallest absolute Gasteiger partial charge is 0.374 e. The van der Waals surface area contributed by atoms with Gasteiger partial charge in [0.05, 0.1) is 7.11 Å². The number of carbonyl (C=O) groups is 2. The number of methoxy groups -OCH3 is 1. The fourth-order valence-electron chi connectivity index (χ4n) is 1.72. The number of carboxylic acid groups (broad SMARTS) is 1. The predicted molar refractivity (Wildman–Crippen MR) is 72.5 cm³/mol. The van der Waals surface area contributed by atoms with Crippen molar-refractivity contribution in [3.8, 4) is 5.75 Å². The minimum atomic E-state index is -1.27. The molecular weight excluding hydrogens is 276 g/mol. The highest BCUT2D eigenvalue weighted by molar-refractivity contribution is 5.94. The van der Waals surface area contributed by atoms with Crippen molar-refractivity contribution in [1.29, 1.82) is 0 Å². The van der Waals surface area contributed by atoms with E-state index in [1.807, 2.05) is 24.3 Å². The summed E-state index contributed by atoms with van der Waals surface area (Å²) in [6.07, 6.45) is 0.618. The standard InChI is InChI=1S/C14H14N2O5/c1-20-10-4-2-3-9(7-10)5-6-15-13(17)11-8-12(14(18)19)21-16-11/h2-4,7-8H,5-6H2,1H3,(H,15,17)(H,18,19). The molecule has 1 amide bonds. The minimum Gasteiger partial charge on any atom is -0.497 e. The molecule has 0 radical (unpaired) electrons. The van der Waals surface area contributed by atoms with Crippen LogP contribution in [0.4, 0.5) is 0 Å². The van der Waals surface area contributed by atoms with Crippen molar-refractivity contribution in [1.82, 2.24) is 10.5 Å². The Bertz CT molecular complexity index is 650. The highest BCUT2D eigenvalue weighted by atomic mass is 16.5. The van der Waals surface area contributed by atoms with Crippen LogP contribution in [0.5, 0.6) is 5.75 Å². The van der Waals surface area contributed by atoms with Crippen LogP contribution in [0, 0.1) is 0 Å². The van der Waals surface area contributed by atoms with Gasteiger partial charge in [-0.2, -0.15) is 0 Å². The van der Waals surface area contributed by atoms with Crippen LogP contribution < -0.4 is 10.1 Å². The fraction of sp³-hybridized carbons (Fsp3) is 0.214. The van der Waals surface area contributed by atoms with E-state index in [4.69, 9.17) is 9.84 Å². The Hall–Kier alpha value is -2.83. The van der Waals surface area contributed by atoms with Gasteiger partial charge in [-0.25, -0.2) is 4.79 Å². The summed E-state index contributed by atoms with van der Waals surface area (Å²) in [5, 5.41) is 14.7. The minimum absolute atomic E-state index is 0.0574. The SMILES string of the molecule is COc1cccc(CCNC(=O)c2cc(C(=O)O)on2)c1. The van der Waals surface area contributed by atoms with Gasteiger partial charge < -0.3 is 19.7 Å². The van der Waals surface area contributed by atoms with Gasteiger partial charge >= 0.3 is 5.97 Å². The maximum absolute atomic E-state index is 11.7. The van der Waals surface area contributed by atoms with Gasteiger partial charge in [-0.1, -0.05) is 17.3 Å². The van der Waals surface area contributed by atoms with E-state index in [0.29, 0.717) is 13.0 Å². The molecule has 7 nitrogen and oxygen atoms in total. The topological polar surface area (TPSA) is 102 Å². The zero-order valence-corrected chi connectivity index (χ0v) is 11.3. The van der Waals surface area contributed by atoms with Gasteiger partial charge in [0.15, 0.2) is 5.69 Å². The average Bonchev–Trinajstić information content (AvgIpc) is 2.97. The molecule has 0 aliphatic carbocycles. The molecule has 7 heteroatoms. The Kier molecular flexibility index (Phi) is 4.55. The molecular formula is C14H14N2O5. The highest BCUT2D eigenvalue weighted by Gasteiger charge is 2.16. The summed E-state index contributed by atoms with van der Waals surface area (Å²) in [6.45, 7) is 0.390. The van der Waals surface area contributed by atoms with E-state index in [1.165, 1.54) is 0 Å². The molecule has 0 saturated carbocycles. The number of aromatic carboxylic acids is 1. The normalized spacial score (nSPS) is 10.1. The first-order chi connectivity index (χ1) is 10.1. The third kappa shape index (κ3) is 3.82. The summed E-state index contributed by atoms with van der Waals surface area (Å²) in [6, 6.07) is 8.60. The summed E-state index contributed by atoms with van der Waals surface area (Å²) in [5.74, 6) is -1.36. The lowest BCUT2D eigenvalue weighted by molar-refractivity contribution is 0.0651. The van der Waals surface area contributed by atoms with Crippen molar-refractivity contribution in [2.75, 3.05) is 13.7 Å². The lowest BCUT2D eigenvalue weighted by atomic mass is 10.1. The van der Waals surface area contributed by atoms with Crippen molar-refractivity contribution in [2.24, 2.45) is 0 Å². The van der Waals surface area contributed by atoms with Gasteiger partial charge in [0.2, 0.25) is 5.76 Å². The molecule has 0 saturated heterocycles. The Morgan fingerprint density at radius 3 is 2.86 bits per heavy atom. The second-order valence-corrected chi connectivity index (χ2v) is 4.24. The summed E-state index contributed by atoms with van der Waals surface area (Å²) in [7, 11) is 1.59. The predicted octanol–water partition coefficient (Wildman–Crippen LogP) is 1.35. The Labute approximate surface area is 120 Å². The molecule has 2 N–H and O–H groups in total. The van der Waals surface area contributed by atoms with Crippen LogP contribution in [-0.2, 0) is 6.42 Å².